The quantitative estimate of drug-likeness (QED) is 0.247. The van der Waals surface area contributed by atoms with Gasteiger partial charge >= 0.3 is 0 Å². The Balaban J connectivity index is 1.42. The molecule has 2 aromatic carbocycles. The van der Waals surface area contributed by atoms with Crippen LogP contribution < -0.4 is 5.32 Å². The van der Waals surface area contributed by atoms with Crippen LogP contribution in [0, 0.1) is 24.4 Å². The van der Waals surface area contributed by atoms with Gasteiger partial charge in [0.1, 0.15) is 11.3 Å². The molecule has 41 heavy (non-hydrogen) atoms. The Morgan fingerprint density at radius 2 is 1.73 bits per heavy atom. The molecule has 0 atom stereocenters. The Hall–Kier alpha value is -3.28. The van der Waals surface area contributed by atoms with Crippen molar-refractivity contribution in [2.45, 2.75) is 55.3 Å². The van der Waals surface area contributed by atoms with Gasteiger partial charge < -0.3 is 10.2 Å². The molecule has 1 fully saturated rings. The zero-order valence-corrected chi connectivity index (χ0v) is 24.3. The second kappa shape index (κ2) is 11.5. The Bertz CT molecular complexity index is 1730. The van der Waals surface area contributed by atoms with Crippen molar-refractivity contribution < 1.29 is 21.6 Å². The van der Waals surface area contributed by atoms with Gasteiger partial charge in [-0.2, -0.15) is 0 Å². The van der Waals surface area contributed by atoms with Gasteiger partial charge in [-0.25, -0.2) is 36.5 Å². The number of rotatable bonds is 7. The van der Waals surface area contributed by atoms with Crippen LogP contribution in [0.25, 0.3) is 22.3 Å². The minimum absolute atomic E-state index is 0.0304. The van der Waals surface area contributed by atoms with E-state index in [1.54, 1.807) is 6.92 Å². The third-order valence-corrected chi connectivity index (χ3v) is 9.67. The second-order valence-corrected chi connectivity index (χ2v) is 12.9. The van der Waals surface area contributed by atoms with Crippen molar-refractivity contribution in [3.63, 3.8) is 0 Å². The molecular weight excluding hydrogens is 575 g/mol. The van der Waals surface area contributed by atoms with Gasteiger partial charge in [0.2, 0.25) is 5.95 Å². The summed E-state index contributed by atoms with van der Waals surface area (Å²) in [4.78, 5) is 15.3. The zero-order valence-electron chi connectivity index (χ0n) is 22.8. The first-order valence-corrected chi connectivity index (χ1v) is 15.2. The van der Waals surface area contributed by atoms with Crippen molar-refractivity contribution in [1.82, 2.24) is 19.9 Å². The normalized spacial score (nSPS) is 17.8. The fourth-order valence-corrected chi connectivity index (χ4v) is 7.17. The van der Waals surface area contributed by atoms with Crippen LogP contribution in [0.2, 0.25) is 5.02 Å². The molecule has 0 bridgehead atoms. The average Bonchev–Trinajstić information content (AvgIpc) is 2.93. The lowest BCUT2D eigenvalue weighted by atomic mass is 9.91. The standard InChI is InChI=1S/C29H29ClF3N5O2S/c1-16-12-23(36-24-14-34-29(37-28(16)24)35-17-8-10-18(11-9-17)38(2)3)19-13-22(31)20(27(33)26(19)32)15-41(39,40)25-7-5-4-6-21(25)30/h4-7,12-14,17-18H,8-11,15H2,1-3H3,(H,34,35,37). The molecule has 0 aliphatic heterocycles. The van der Waals surface area contributed by atoms with Gasteiger partial charge in [0.15, 0.2) is 21.5 Å². The summed E-state index contributed by atoms with van der Waals surface area (Å²) in [6.45, 7) is 1.74. The molecule has 1 aliphatic carbocycles. The Labute approximate surface area is 241 Å². The Morgan fingerprint density at radius 1 is 1.02 bits per heavy atom. The molecule has 0 amide bonds. The minimum atomic E-state index is -4.26. The van der Waals surface area contributed by atoms with E-state index in [0.29, 0.717) is 28.6 Å². The maximum atomic E-state index is 15.3. The largest absolute Gasteiger partial charge is 0.351 e. The molecule has 1 aliphatic rings. The molecule has 0 unspecified atom stereocenters. The fourth-order valence-electron chi connectivity index (χ4n) is 5.23. The number of anilines is 1. The first-order valence-electron chi connectivity index (χ1n) is 13.2. The number of fused-ring (bicyclic) bond motifs is 1. The van der Waals surface area contributed by atoms with Crippen molar-refractivity contribution in [3.05, 3.63) is 76.2 Å². The molecular formula is C29H29ClF3N5O2S. The Kier molecular flexibility index (Phi) is 8.22. The van der Waals surface area contributed by atoms with E-state index in [0.717, 1.165) is 31.7 Å². The highest BCUT2D eigenvalue weighted by Crippen LogP contribution is 2.33. The van der Waals surface area contributed by atoms with Crippen LogP contribution in [-0.4, -0.2) is 54.4 Å². The third-order valence-electron chi connectivity index (χ3n) is 7.53. The molecule has 4 aromatic rings. The van der Waals surface area contributed by atoms with Gasteiger partial charge in [-0.15, -0.1) is 0 Å². The molecule has 2 heterocycles. The van der Waals surface area contributed by atoms with Gasteiger partial charge in [0.05, 0.1) is 33.1 Å². The summed E-state index contributed by atoms with van der Waals surface area (Å²) in [5.41, 5.74) is 0.0741. The van der Waals surface area contributed by atoms with Crippen molar-refractivity contribution in [1.29, 1.82) is 0 Å². The molecule has 7 nitrogen and oxygen atoms in total. The maximum absolute atomic E-state index is 15.3. The van der Waals surface area contributed by atoms with Crippen LogP contribution in [0.5, 0.6) is 0 Å². The number of sulfone groups is 1. The number of aromatic nitrogens is 3. The lowest BCUT2D eigenvalue weighted by Gasteiger charge is -2.32. The van der Waals surface area contributed by atoms with E-state index in [1.165, 1.54) is 36.5 Å². The number of pyridine rings is 1. The second-order valence-electron chi connectivity index (χ2n) is 10.6. The molecule has 1 saturated carbocycles. The summed E-state index contributed by atoms with van der Waals surface area (Å²) in [7, 11) is -0.0832. The van der Waals surface area contributed by atoms with Crippen LogP contribution in [0.15, 0.2) is 47.5 Å². The monoisotopic (exact) mass is 603 g/mol. The van der Waals surface area contributed by atoms with Crippen LogP contribution in [-0.2, 0) is 15.6 Å². The van der Waals surface area contributed by atoms with E-state index in [1.807, 2.05) is 0 Å². The molecule has 12 heteroatoms. The average molecular weight is 604 g/mol. The van der Waals surface area contributed by atoms with Crippen LogP contribution >= 0.6 is 11.6 Å². The van der Waals surface area contributed by atoms with Gasteiger partial charge in [-0.3, -0.25) is 0 Å². The SMILES string of the molecule is Cc1cc(-c2cc(F)c(CS(=O)(=O)c3ccccc3Cl)c(F)c2F)nc2cnc(NC3CCC(N(C)C)CC3)nc12. The van der Waals surface area contributed by atoms with E-state index >= 15 is 13.2 Å². The first kappa shape index (κ1) is 29.2. The fraction of sp³-hybridized carbons (Fsp3) is 0.345. The summed E-state index contributed by atoms with van der Waals surface area (Å²) in [6, 6.07) is 8.57. The summed E-state index contributed by atoms with van der Waals surface area (Å²) in [5.74, 6) is -4.87. The molecule has 1 N–H and O–H groups in total. The highest BCUT2D eigenvalue weighted by molar-refractivity contribution is 7.90. The highest BCUT2D eigenvalue weighted by Gasteiger charge is 2.27. The molecule has 5 rings (SSSR count). The van der Waals surface area contributed by atoms with Crippen molar-refractivity contribution >= 4 is 38.4 Å². The van der Waals surface area contributed by atoms with Crippen LogP contribution in [0.3, 0.4) is 0 Å². The van der Waals surface area contributed by atoms with E-state index in [-0.39, 0.29) is 21.7 Å². The summed E-state index contributed by atoms with van der Waals surface area (Å²) in [5, 5.41) is 3.29. The minimum Gasteiger partial charge on any atom is -0.351 e. The van der Waals surface area contributed by atoms with Gasteiger partial charge in [0, 0.05) is 23.2 Å². The van der Waals surface area contributed by atoms with Crippen LogP contribution in [0.4, 0.5) is 19.1 Å². The van der Waals surface area contributed by atoms with Crippen molar-refractivity contribution in [2.24, 2.45) is 0 Å². The van der Waals surface area contributed by atoms with Gasteiger partial charge in [-0.05, 0) is 76.5 Å². The van der Waals surface area contributed by atoms with E-state index < -0.39 is 44.2 Å². The molecule has 0 saturated heterocycles. The number of hydrogen-bond acceptors (Lipinski definition) is 7. The summed E-state index contributed by atoms with van der Waals surface area (Å²) in [6.07, 6.45) is 5.62. The van der Waals surface area contributed by atoms with Crippen molar-refractivity contribution in [3.8, 4) is 11.3 Å². The number of halogens is 4. The molecule has 0 spiro atoms. The number of benzene rings is 2. The van der Waals surface area contributed by atoms with E-state index in [4.69, 9.17) is 11.6 Å². The maximum Gasteiger partial charge on any atom is 0.223 e. The summed E-state index contributed by atoms with van der Waals surface area (Å²) >= 11 is 5.96. The number of nitrogens with zero attached hydrogens (tertiary/aromatic N) is 4. The predicted octanol–water partition coefficient (Wildman–Crippen LogP) is 6.33. The lowest BCUT2D eigenvalue weighted by Crippen LogP contribution is -2.36. The van der Waals surface area contributed by atoms with Gasteiger partial charge in [-0.1, -0.05) is 23.7 Å². The van der Waals surface area contributed by atoms with Gasteiger partial charge in [0.25, 0.3) is 0 Å². The molecule has 2 aromatic heterocycles. The third kappa shape index (κ3) is 6.02. The van der Waals surface area contributed by atoms with Crippen LogP contribution in [0.1, 0.15) is 36.8 Å². The topological polar surface area (TPSA) is 88.1 Å². The molecule has 216 valence electrons. The molecule has 0 radical (unpaired) electrons. The van der Waals surface area contributed by atoms with Crippen molar-refractivity contribution in [2.75, 3.05) is 19.4 Å². The van der Waals surface area contributed by atoms with E-state index in [2.05, 4.69) is 39.3 Å². The lowest BCUT2D eigenvalue weighted by molar-refractivity contribution is 0.221. The predicted molar refractivity (Wildman–Crippen MR) is 153 cm³/mol. The Morgan fingerprint density at radius 3 is 2.41 bits per heavy atom. The highest BCUT2D eigenvalue weighted by atomic mass is 35.5. The van der Waals surface area contributed by atoms with E-state index in [9.17, 15) is 8.42 Å². The number of aryl methyl sites for hydroxylation is 1. The number of nitrogens with one attached hydrogen (secondary N) is 1. The smallest absolute Gasteiger partial charge is 0.223 e. The number of hydrogen-bond donors (Lipinski definition) is 1. The summed E-state index contributed by atoms with van der Waals surface area (Å²) < 4.78 is 71.1. The zero-order chi connectivity index (χ0) is 29.5. The first-order chi connectivity index (χ1) is 19.4.